The van der Waals surface area contributed by atoms with Crippen molar-refractivity contribution in [1.29, 1.82) is 0 Å². The van der Waals surface area contributed by atoms with E-state index in [0.717, 1.165) is 72.8 Å². The summed E-state index contributed by atoms with van der Waals surface area (Å²) in [4.78, 5) is 156. The topological polar surface area (TPSA) is 448 Å². The van der Waals surface area contributed by atoms with Crippen molar-refractivity contribution in [1.82, 2.24) is 0 Å². The van der Waals surface area contributed by atoms with E-state index in [0.29, 0.717) is 36.4 Å². The van der Waals surface area contributed by atoms with Crippen LogP contribution in [0.25, 0.3) is 66.8 Å². The number of carboxylic acid groups (broad SMARTS) is 12. The van der Waals surface area contributed by atoms with Crippen molar-refractivity contribution >= 4 is 71.6 Å². The molecule has 0 fully saturated rings. The average molecular weight is 1060 g/mol. The third kappa shape index (κ3) is 10.5. The summed E-state index contributed by atoms with van der Waals surface area (Å²) < 4.78 is 0. The Kier molecular flexibility index (Phi) is 14.2. The Morgan fingerprint density at radius 2 is 0.231 bits per heavy atom. The van der Waals surface area contributed by atoms with Crippen LogP contribution >= 0.6 is 0 Å². The molecule has 0 aliphatic rings. The lowest BCUT2D eigenvalue weighted by atomic mass is 9.72. The van der Waals surface area contributed by atoms with Crippen LogP contribution in [-0.2, 0) is 0 Å². The van der Waals surface area contributed by atoms with Crippen LogP contribution in [-0.4, -0.2) is 133 Å². The van der Waals surface area contributed by atoms with Gasteiger partial charge in [0, 0.05) is 0 Å². The van der Waals surface area contributed by atoms with Gasteiger partial charge in [0.25, 0.3) is 0 Å². The molecular weight excluding hydrogens is 1030 g/mol. The summed E-state index contributed by atoms with van der Waals surface area (Å²) in [5.41, 5.74) is -19.7. The van der Waals surface area contributed by atoms with Gasteiger partial charge < -0.3 is 61.3 Å². The molecule has 7 rings (SSSR count). The van der Waals surface area contributed by atoms with E-state index in [1.165, 1.54) is 0 Å². The molecule has 0 unspecified atom stereocenters. The number of aromatic carboxylic acids is 12. The van der Waals surface area contributed by atoms with Gasteiger partial charge in [-0.05, 0) is 176 Å². The number of hydrogen-bond acceptors (Lipinski definition) is 12. The Morgan fingerprint density at radius 1 is 0.154 bits per heavy atom. The molecular formula is C54H30O24. The molecule has 0 saturated carbocycles. The minimum absolute atomic E-state index is 0.626. The summed E-state index contributed by atoms with van der Waals surface area (Å²) in [6.07, 6.45) is 0. The van der Waals surface area contributed by atoms with E-state index < -0.39 is 205 Å². The van der Waals surface area contributed by atoms with Crippen molar-refractivity contribution < 1.29 is 119 Å². The van der Waals surface area contributed by atoms with Crippen molar-refractivity contribution in [2.24, 2.45) is 0 Å². The summed E-state index contributed by atoms with van der Waals surface area (Å²) in [6.45, 7) is 0. The molecule has 390 valence electrons. The number of hydrogen-bond donors (Lipinski definition) is 12. The lowest BCUT2D eigenvalue weighted by Gasteiger charge is -2.30. The summed E-state index contributed by atoms with van der Waals surface area (Å²) >= 11 is 0. The van der Waals surface area contributed by atoms with Crippen LogP contribution in [0.15, 0.2) is 109 Å². The quantitative estimate of drug-likeness (QED) is 0.0386. The van der Waals surface area contributed by atoms with Crippen LogP contribution in [0.1, 0.15) is 124 Å². The largest absolute Gasteiger partial charge is 0.478 e. The van der Waals surface area contributed by atoms with Gasteiger partial charge in [-0.15, -0.1) is 0 Å². The average Bonchev–Trinajstić information content (AvgIpc) is 3.38. The molecule has 78 heavy (non-hydrogen) atoms. The van der Waals surface area contributed by atoms with Gasteiger partial charge in [-0.25, -0.2) is 57.5 Å². The standard InChI is InChI=1S/C54H30O24/c55-43(56)25-1-19(2-26(13-25)44(57)58)37-38(20-3-27(45(59)60)14-28(4-20)46(61)62)40(22-7-31(49(67)68)16-32(8-22)50(69)70)42(24-11-35(53(75)76)18-36(12-24)54(77)78)41(23-9-33(51(71)72)17-34(10-23)52(73)74)39(37)21-5-29(47(63)64)15-30(6-21)48(65)66/h1-18H,(H,55,56)(H,57,58)(H,59,60)(H,61,62)(H,63,64)(H,65,66)(H,67,68)(H,69,70)(H,71,72)(H,73,74)(H,75,76)(H,77,78). The minimum Gasteiger partial charge on any atom is -0.478 e. The van der Waals surface area contributed by atoms with Gasteiger partial charge in [0.1, 0.15) is 0 Å². The second kappa shape index (κ2) is 20.6. The van der Waals surface area contributed by atoms with Crippen LogP contribution in [0.2, 0.25) is 0 Å². The highest BCUT2D eigenvalue weighted by Crippen LogP contribution is 2.57. The lowest BCUT2D eigenvalue weighted by molar-refractivity contribution is 0.0676. The van der Waals surface area contributed by atoms with Crippen LogP contribution in [0, 0.1) is 0 Å². The molecule has 24 heteroatoms. The fourth-order valence-corrected chi connectivity index (χ4v) is 8.60. The first-order valence-electron chi connectivity index (χ1n) is 21.5. The normalized spacial score (nSPS) is 10.8. The molecule has 24 nitrogen and oxygen atoms in total. The lowest BCUT2D eigenvalue weighted by Crippen LogP contribution is -2.10. The maximum Gasteiger partial charge on any atom is 0.335 e. The Morgan fingerprint density at radius 3 is 0.295 bits per heavy atom. The Hall–Kier alpha value is -11.8. The van der Waals surface area contributed by atoms with Crippen LogP contribution in [0.4, 0.5) is 0 Å². The third-order valence-electron chi connectivity index (χ3n) is 11.8. The van der Waals surface area contributed by atoms with Crippen molar-refractivity contribution in [2.45, 2.75) is 0 Å². The zero-order chi connectivity index (χ0) is 57.5. The SMILES string of the molecule is O=C(O)c1cc(C(=O)O)cc(-c2c(-c3cc(C(=O)O)cc(C(=O)O)c3)c(-c3cc(C(=O)O)cc(C(=O)O)c3)c(-c3cc(C(=O)O)cc(C(=O)O)c3)c(-c3cc(C(=O)O)cc(C(=O)O)c3)c2-c2cc(C(=O)O)cc(C(=O)O)c2)c1. The third-order valence-corrected chi connectivity index (χ3v) is 11.8. The first kappa shape index (κ1) is 54.0. The van der Waals surface area contributed by atoms with Gasteiger partial charge in [-0.2, -0.15) is 0 Å². The summed E-state index contributed by atoms with van der Waals surface area (Å²) in [5.74, 6) is -22.4. The van der Waals surface area contributed by atoms with E-state index in [1.807, 2.05) is 0 Å². The molecule has 0 aliphatic carbocycles. The molecule has 0 atom stereocenters. The molecule has 0 saturated heterocycles. The Balaban J connectivity index is 2.11. The predicted molar refractivity (Wildman–Crippen MR) is 263 cm³/mol. The van der Waals surface area contributed by atoms with Crippen LogP contribution in [0.5, 0.6) is 0 Å². The maximum absolute atomic E-state index is 13.0. The molecule has 0 amide bonds. The molecule has 0 aromatic heterocycles. The molecule has 12 N–H and O–H groups in total. The number of carboxylic acids is 12. The van der Waals surface area contributed by atoms with Crippen molar-refractivity contribution in [3.8, 4) is 66.8 Å². The number of carbonyl (C=O) groups is 12. The minimum atomic E-state index is -1.87. The zero-order valence-corrected chi connectivity index (χ0v) is 38.7. The summed E-state index contributed by atoms with van der Waals surface area (Å²) in [5, 5.41) is 126. The summed E-state index contributed by atoms with van der Waals surface area (Å²) in [7, 11) is 0. The maximum atomic E-state index is 13.0. The summed E-state index contributed by atoms with van der Waals surface area (Å²) in [6, 6.07) is 12.6. The smallest absolute Gasteiger partial charge is 0.335 e. The van der Waals surface area contributed by atoms with Crippen molar-refractivity contribution in [2.75, 3.05) is 0 Å². The van der Waals surface area contributed by atoms with Gasteiger partial charge in [0.15, 0.2) is 0 Å². The molecule has 0 aliphatic heterocycles. The van der Waals surface area contributed by atoms with Gasteiger partial charge in [0.2, 0.25) is 0 Å². The van der Waals surface area contributed by atoms with Gasteiger partial charge >= 0.3 is 71.6 Å². The highest BCUT2D eigenvalue weighted by Gasteiger charge is 2.34. The highest BCUT2D eigenvalue weighted by molar-refractivity contribution is 6.19. The highest BCUT2D eigenvalue weighted by atomic mass is 16.4. The van der Waals surface area contributed by atoms with Gasteiger partial charge in [-0.3, -0.25) is 0 Å². The van der Waals surface area contributed by atoms with E-state index in [2.05, 4.69) is 0 Å². The van der Waals surface area contributed by atoms with E-state index in [-0.39, 0.29) is 0 Å². The predicted octanol–water partition coefficient (Wildman–Crippen LogP) is 8.07. The first-order chi connectivity index (χ1) is 36.6. The van der Waals surface area contributed by atoms with Crippen molar-refractivity contribution in [3.63, 3.8) is 0 Å². The van der Waals surface area contributed by atoms with Crippen LogP contribution in [0.3, 0.4) is 0 Å². The van der Waals surface area contributed by atoms with Crippen molar-refractivity contribution in [3.05, 3.63) is 176 Å². The second-order valence-electron chi connectivity index (χ2n) is 16.7. The molecule has 0 bridgehead atoms. The zero-order valence-electron chi connectivity index (χ0n) is 38.7. The molecule has 0 heterocycles. The fraction of sp³-hybridized carbons (Fsp3) is 0. The Bertz CT molecular complexity index is 3090. The molecule has 0 radical (unpaired) electrons. The molecule has 7 aromatic rings. The second-order valence-corrected chi connectivity index (χ2v) is 16.7. The van der Waals surface area contributed by atoms with E-state index >= 15 is 0 Å². The Labute approximate surface area is 432 Å². The van der Waals surface area contributed by atoms with Gasteiger partial charge in [-0.1, -0.05) is 0 Å². The molecule has 0 spiro atoms. The monoisotopic (exact) mass is 1060 g/mol. The van der Waals surface area contributed by atoms with Crippen LogP contribution < -0.4 is 0 Å². The first-order valence-corrected chi connectivity index (χ1v) is 21.5. The fourth-order valence-electron chi connectivity index (χ4n) is 8.60. The van der Waals surface area contributed by atoms with E-state index in [4.69, 9.17) is 0 Å². The molecule has 7 aromatic carbocycles. The van der Waals surface area contributed by atoms with E-state index in [9.17, 15) is 119 Å². The van der Waals surface area contributed by atoms with E-state index in [1.54, 1.807) is 0 Å². The number of rotatable bonds is 18. The van der Waals surface area contributed by atoms with Gasteiger partial charge in [0.05, 0.1) is 66.8 Å². The number of benzene rings is 7.